The highest BCUT2D eigenvalue weighted by Gasteiger charge is 2.13. The summed E-state index contributed by atoms with van der Waals surface area (Å²) in [4.78, 5) is 21.1. The molecule has 1 N–H and O–H groups in total. The molecule has 124 valence electrons. The van der Waals surface area contributed by atoms with Crippen LogP contribution >= 0.6 is 11.6 Å². The van der Waals surface area contributed by atoms with E-state index in [1.54, 1.807) is 29.1 Å². The van der Waals surface area contributed by atoms with E-state index in [9.17, 15) is 9.18 Å². The van der Waals surface area contributed by atoms with Gasteiger partial charge in [0.15, 0.2) is 5.82 Å². The average Bonchev–Trinajstić information content (AvgIpc) is 2.55. The van der Waals surface area contributed by atoms with E-state index in [0.717, 1.165) is 5.56 Å². The molecule has 0 amide bonds. The van der Waals surface area contributed by atoms with Crippen molar-refractivity contribution in [3.05, 3.63) is 63.4 Å². The van der Waals surface area contributed by atoms with Gasteiger partial charge in [-0.05, 0) is 37.6 Å². The van der Waals surface area contributed by atoms with Crippen molar-refractivity contribution in [2.75, 3.05) is 5.32 Å². The molecule has 0 spiro atoms. The van der Waals surface area contributed by atoms with E-state index in [0.29, 0.717) is 17.6 Å². The first kappa shape index (κ1) is 16.4. The number of aromatic nitrogens is 3. The van der Waals surface area contributed by atoms with E-state index in [2.05, 4.69) is 15.3 Å². The predicted octanol–water partition coefficient (Wildman–Crippen LogP) is 3.78. The highest BCUT2D eigenvalue weighted by atomic mass is 35.5. The molecule has 0 unspecified atom stereocenters. The van der Waals surface area contributed by atoms with Gasteiger partial charge in [-0.2, -0.15) is 0 Å². The zero-order valence-electron chi connectivity index (χ0n) is 13.3. The molecule has 0 aliphatic carbocycles. The van der Waals surface area contributed by atoms with Crippen LogP contribution in [0.4, 0.5) is 10.2 Å². The van der Waals surface area contributed by atoms with Gasteiger partial charge in [-0.3, -0.25) is 14.3 Å². The second-order valence-corrected chi connectivity index (χ2v) is 6.10. The topological polar surface area (TPSA) is 59.8 Å². The van der Waals surface area contributed by atoms with Crippen LogP contribution in [0.3, 0.4) is 0 Å². The van der Waals surface area contributed by atoms with Gasteiger partial charge in [-0.15, -0.1) is 0 Å². The van der Waals surface area contributed by atoms with E-state index in [-0.39, 0.29) is 22.4 Å². The Kier molecular flexibility index (Phi) is 4.49. The third-order valence-corrected chi connectivity index (χ3v) is 3.94. The monoisotopic (exact) mass is 346 g/mol. The van der Waals surface area contributed by atoms with Gasteiger partial charge in [0, 0.05) is 18.8 Å². The molecule has 5 nitrogen and oxygen atoms in total. The number of rotatable bonds is 4. The Labute approximate surface area is 143 Å². The number of nitrogens with one attached hydrogen (secondary N) is 1. The molecule has 0 saturated carbocycles. The van der Waals surface area contributed by atoms with Gasteiger partial charge in [0.05, 0.1) is 22.3 Å². The Bertz CT molecular complexity index is 955. The summed E-state index contributed by atoms with van der Waals surface area (Å²) in [7, 11) is 0. The quantitative estimate of drug-likeness (QED) is 0.781. The van der Waals surface area contributed by atoms with Crippen molar-refractivity contribution >= 4 is 28.5 Å². The van der Waals surface area contributed by atoms with Crippen LogP contribution in [0.1, 0.15) is 25.5 Å². The molecular formula is C17H16ClFN4O. The van der Waals surface area contributed by atoms with Crippen molar-refractivity contribution in [3.8, 4) is 0 Å². The second-order valence-electron chi connectivity index (χ2n) is 5.70. The van der Waals surface area contributed by atoms with Gasteiger partial charge in [0.2, 0.25) is 0 Å². The van der Waals surface area contributed by atoms with Gasteiger partial charge < -0.3 is 5.32 Å². The van der Waals surface area contributed by atoms with Crippen molar-refractivity contribution in [1.29, 1.82) is 0 Å². The number of benzene rings is 1. The second kappa shape index (κ2) is 6.57. The molecule has 0 atom stereocenters. The lowest BCUT2D eigenvalue weighted by molar-refractivity contribution is 0.598. The number of nitrogens with zero attached hydrogens (tertiary/aromatic N) is 3. The molecule has 0 fully saturated rings. The normalized spacial score (nSPS) is 11.2. The van der Waals surface area contributed by atoms with E-state index in [1.807, 2.05) is 13.8 Å². The minimum Gasteiger partial charge on any atom is -0.361 e. The SMILES string of the molecule is CC(C)n1c(=O)c(NCc2ccc(F)c(Cl)c2)nc2ccncc21. The number of pyridine rings is 1. The smallest absolute Gasteiger partial charge is 0.294 e. The Hall–Kier alpha value is -2.47. The maximum absolute atomic E-state index is 13.2. The van der Waals surface area contributed by atoms with Crippen LogP contribution in [0.15, 0.2) is 41.5 Å². The van der Waals surface area contributed by atoms with Crippen LogP contribution in [0.2, 0.25) is 5.02 Å². The fourth-order valence-corrected chi connectivity index (χ4v) is 2.72. The minimum atomic E-state index is -0.473. The lowest BCUT2D eigenvalue weighted by Crippen LogP contribution is -2.27. The third-order valence-electron chi connectivity index (χ3n) is 3.65. The summed E-state index contributed by atoms with van der Waals surface area (Å²) in [6, 6.07) is 6.16. The van der Waals surface area contributed by atoms with Crippen LogP contribution in [-0.2, 0) is 6.54 Å². The standard InChI is InChI=1S/C17H16ClFN4O/c1-10(2)23-15-9-20-6-5-14(15)22-16(17(23)24)21-8-11-3-4-13(19)12(18)7-11/h3-7,9-10H,8H2,1-2H3,(H,21,22). The third kappa shape index (κ3) is 3.10. The molecule has 24 heavy (non-hydrogen) atoms. The van der Waals surface area contributed by atoms with Gasteiger partial charge in [0.25, 0.3) is 5.56 Å². The van der Waals surface area contributed by atoms with Crippen molar-refractivity contribution in [2.24, 2.45) is 0 Å². The first-order valence-electron chi connectivity index (χ1n) is 7.51. The highest BCUT2D eigenvalue weighted by molar-refractivity contribution is 6.30. The lowest BCUT2D eigenvalue weighted by Gasteiger charge is -2.15. The minimum absolute atomic E-state index is 0.0342. The van der Waals surface area contributed by atoms with Crippen molar-refractivity contribution in [2.45, 2.75) is 26.4 Å². The van der Waals surface area contributed by atoms with Crippen LogP contribution in [0.5, 0.6) is 0 Å². The molecular weight excluding hydrogens is 331 g/mol. The summed E-state index contributed by atoms with van der Waals surface area (Å²) in [5.74, 6) is -0.234. The fraction of sp³-hybridized carbons (Fsp3) is 0.235. The summed E-state index contributed by atoms with van der Waals surface area (Å²) >= 11 is 5.78. The van der Waals surface area contributed by atoms with Crippen LogP contribution in [0.25, 0.3) is 11.0 Å². The first-order chi connectivity index (χ1) is 11.5. The Morgan fingerprint density at radius 3 is 2.83 bits per heavy atom. The molecule has 0 aliphatic heterocycles. The van der Waals surface area contributed by atoms with Gasteiger partial charge in [-0.25, -0.2) is 9.37 Å². The average molecular weight is 347 g/mol. The Morgan fingerprint density at radius 1 is 1.33 bits per heavy atom. The maximum Gasteiger partial charge on any atom is 0.294 e. The van der Waals surface area contributed by atoms with Crippen LogP contribution in [0, 0.1) is 5.82 Å². The molecule has 0 radical (unpaired) electrons. The molecule has 2 aromatic heterocycles. The lowest BCUT2D eigenvalue weighted by atomic mass is 10.2. The fourth-order valence-electron chi connectivity index (χ4n) is 2.51. The van der Waals surface area contributed by atoms with Crippen LogP contribution in [-0.4, -0.2) is 14.5 Å². The molecule has 0 bridgehead atoms. The maximum atomic E-state index is 13.2. The number of fused-ring (bicyclic) bond motifs is 1. The summed E-state index contributed by atoms with van der Waals surface area (Å²) in [6.45, 7) is 4.17. The molecule has 0 aliphatic rings. The van der Waals surface area contributed by atoms with E-state index in [4.69, 9.17) is 11.6 Å². The van der Waals surface area contributed by atoms with Gasteiger partial charge >= 0.3 is 0 Å². The number of hydrogen-bond donors (Lipinski definition) is 1. The number of halogens is 2. The Morgan fingerprint density at radius 2 is 2.12 bits per heavy atom. The molecule has 3 rings (SSSR count). The van der Waals surface area contributed by atoms with E-state index >= 15 is 0 Å². The molecule has 0 saturated heterocycles. The molecule has 2 heterocycles. The van der Waals surface area contributed by atoms with E-state index < -0.39 is 5.82 Å². The summed E-state index contributed by atoms with van der Waals surface area (Å²) in [5, 5.41) is 3.07. The highest BCUT2D eigenvalue weighted by Crippen LogP contribution is 2.18. The predicted molar refractivity (Wildman–Crippen MR) is 92.9 cm³/mol. The molecule has 3 aromatic rings. The van der Waals surface area contributed by atoms with Gasteiger partial charge in [0.1, 0.15) is 5.82 Å². The summed E-state index contributed by atoms with van der Waals surface area (Å²) in [6.07, 6.45) is 3.27. The van der Waals surface area contributed by atoms with Gasteiger partial charge in [-0.1, -0.05) is 17.7 Å². The van der Waals surface area contributed by atoms with Crippen LogP contribution < -0.4 is 10.9 Å². The molecule has 7 heteroatoms. The largest absolute Gasteiger partial charge is 0.361 e. The zero-order valence-corrected chi connectivity index (χ0v) is 14.0. The summed E-state index contributed by atoms with van der Waals surface area (Å²) < 4.78 is 14.9. The Balaban J connectivity index is 1.98. The van der Waals surface area contributed by atoms with Crippen molar-refractivity contribution in [1.82, 2.24) is 14.5 Å². The van der Waals surface area contributed by atoms with E-state index in [1.165, 1.54) is 12.1 Å². The first-order valence-corrected chi connectivity index (χ1v) is 7.89. The molecule has 1 aromatic carbocycles. The number of anilines is 1. The van der Waals surface area contributed by atoms with Crippen molar-refractivity contribution < 1.29 is 4.39 Å². The zero-order chi connectivity index (χ0) is 17.3. The number of hydrogen-bond acceptors (Lipinski definition) is 4. The van der Waals surface area contributed by atoms with Crippen molar-refractivity contribution in [3.63, 3.8) is 0 Å². The summed E-state index contributed by atoms with van der Waals surface area (Å²) in [5.41, 5.74) is 1.90.